The number of esters is 2. The van der Waals surface area contributed by atoms with Crippen molar-refractivity contribution in [1.29, 1.82) is 0 Å². The van der Waals surface area contributed by atoms with Crippen LogP contribution < -0.4 is 5.11 Å². The topological polar surface area (TPSA) is 111 Å². The third-order valence-electron chi connectivity index (χ3n) is 20.6. The summed E-state index contributed by atoms with van der Waals surface area (Å²) in [7, 11) is 5.96. The average Bonchev–Trinajstić information content (AvgIpc) is 2.80. The number of unbranched alkanes of at least 4 members (excludes halogenated alkanes) is 69. The molecule has 0 bridgehead atoms. The van der Waals surface area contributed by atoms with Crippen molar-refractivity contribution in [2.75, 3.05) is 47.5 Å². The normalized spacial score (nSPS) is 12.5. The lowest BCUT2D eigenvalue weighted by atomic mass is 10.0. The van der Waals surface area contributed by atoms with Crippen LogP contribution in [0.1, 0.15) is 483 Å². The Morgan fingerprint density at radius 2 is 0.469 bits per heavy atom. The van der Waals surface area contributed by atoms with E-state index in [9.17, 15) is 19.5 Å². The molecule has 0 heterocycles. The van der Waals surface area contributed by atoms with Gasteiger partial charge in [0, 0.05) is 12.8 Å². The van der Waals surface area contributed by atoms with E-state index in [1.165, 1.54) is 417 Å². The Hall–Kier alpha value is -1.71. The maximum absolute atomic E-state index is 13.0. The summed E-state index contributed by atoms with van der Waals surface area (Å²) in [6.07, 6.45) is 95.6. The number of rotatable bonds is 84. The van der Waals surface area contributed by atoms with Gasteiger partial charge in [-0.15, -0.1) is 0 Å². The maximum Gasteiger partial charge on any atom is 0.306 e. The zero-order chi connectivity index (χ0) is 69.7. The molecule has 0 aromatic heterocycles. The maximum atomic E-state index is 13.0. The highest BCUT2D eigenvalue weighted by Crippen LogP contribution is 2.22. The Labute approximate surface area is 600 Å². The van der Waals surface area contributed by atoms with Crippen LogP contribution in [0.5, 0.6) is 0 Å². The number of aliphatic carboxylic acids is 1. The number of nitrogens with zero attached hydrogens (tertiary/aromatic N) is 1. The number of quaternary nitrogens is 1. The van der Waals surface area contributed by atoms with Gasteiger partial charge in [-0.2, -0.15) is 0 Å². The first kappa shape index (κ1) is 94.3. The van der Waals surface area contributed by atoms with Crippen LogP contribution in [-0.4, -0.2) is 82.3 Å². The van der Waals surface area contributed by atoms with Gasteiger partial charge >= 0.3 is 11.9 Å². The van der Waals surface area contributed by atoms with E-state index in [0.29, 0.717) is 17.4 Å². The molecule has 0 saturated carbocycles. The van der Waals surface area contributed by atoms with Gasteiger partial charge in [0.25, 0.3) is 0 Å². The van der Waals surface area contributed by atoms with Crippen LogP contribution in [-0.2, 0) is 33.3 Å². The lowest BCUT2D eigenvalue weighted by molar-refractivity contribution is -0.870. The summed E-state index contributed by atoms with van der Waals surface area (Å²) in [5.74, 6) is -2.24. The molecule has 9 nitrogen and oxygen atoms in total. The summed E-state index contributed by atoms with van der Waals surface area (Å²) >= 11 is 0. The van der Waals surface area contributed by atoms with E-state index < -0.39 is 24.3 Å². The van der Waals surface area contributed by atoms with E-state index in [1.807, 2.05) is 21.1 Å². The van der Waals surface area contributed by atoms with E-state index in [0.717, 1.165) is 38.5 Å². The van der Waals surface area contributed by atoms with Crippen molar-refractivity contribution in [3.8, 4) is 0 Å². The second-order valence-electron chi connectivity index (χ2n) is 31.6. The minimum atomic E-state index is -1.62. The third-order valence-corrected chi connectivity index (χ3v) is 20.6. The Bertz CT molecular complexity index is 1530. The standard InChI is InChI=1S/C87H171NO8/c1-6-8-10-12-14-16-18-20-22-24-26-28-30-32-34-36-38-40-41-42-43-44-46-48-50-52-54-56-58-60-62-64-66-68-70-72-74-76-78-85(90)96-83(82-95-87(86(91)92)93-80-79-88(3,4)5)81-94-84(89)77-75-73-71-69-67-65-63-61-59-57-55-53-51-49-47-45-39-37-35-33-31-29-27-25-23-21-19-17-15-13-11-9-7-2/h83,87H,6-82H2,1-5H3. The summed E-state index contributed by atoms with van der Waals surface area (Å²) in [5.41, 5.74) is 0. The highest BCUT2D eigenvalue weighted by Gasteiger charge is 2.22. The van der Waals surface area contributed by atoms with E-state index >= 15 is 0 Å². The van der Waals surface area contributed by atoms with Crippen LogP contribution in [0.3, 0.4) is 0 Å². The molecule has 0 aliphatic carbocycles. The Morgan fingerprint density at radius 3 is 0.667 bits per heavy atom. The van der Waals surface area contributed by atoms with E-state index in [1.54, 1.807) is 0 Å². The van der Waals surface area contributed by atoms with E-state index in [2.05, 4.69) is 13.8 Å². The van der Waals surface area contributed by atoms with Crippen LogP contribution in [0, 0.1) is 0 Å². The number of ether oxygens (including phenoxy) is 4. The highest BCUT2D eigenvalue weighted by molar-refractivity contribution is 5.70. The van der Waals surface area contributed by atoms with Crippen molar-refractivity contribution >= 4 is 17.9 Å². The van der Waals surface area contributed by atoms with Gasteiger partial charge in [-0.1, -0.05) is 457 Å². The second-order valence-corrected chi connectivity index (χ2v) is 31.6. The number of hydrogen-bond acceptors (Lipinski definition) is 8. The smallest absolute Gasteiger partial charge is 0.306 e. The van der Waals surface area contributed by atoms with Crippen LogP contribution >= 0.6 is 0 Å². The van der Waals surface area contributed by atoms with Crippen molar-refractivity contribution < 1.29 is 42.9 Å². The first-order valence-corrected chi connectivity index (χ1v) is 43.7. The fraction of sp³-hybridized carbons (Fsp3) is 0.966. The van der Waals surface area contributed by atoms with Crippen molar-refractivity contribution in [1.82, 2.24) is 0 Å². The number of carbonyl (C=O) groups excluding carboxylic acids is 3. The van der Waals surface area contributed by atoms with Crippen molar-refractivity contribution in [3.63, 3.8) is 0 Å². The van der Waals surface area contributed by atoms with Gasteiger partial charge in [-0.05, 0) is 12.8 Å². The van der Waals surface area contributed by atoms with Crippen LogP contribution in [0.15, 0.2) is 0 Å². The van der Waals surface area contributed by atoms with Gasteiger partial charge < -0.3 is 33.3 Å². The lowest BCUT2D eigenvalue weighted by Gasteiger charge is -2.26. The number of carboxylic acids is 1. The SMILES string of the molecule is CCCCCCCCCCCCCCCCCCCCCCCCCCCCCCCCCCCCCCCCC(=O)OC(COC(=O)CCCCCCCCCCCCCCCCCCCCCCCCCCCCCCCCCCC)COC(OCC[N+](C)(C)C)C(=O)[O-]. The molecule has 2 unspecified atom stereocenters. The Morgan fingerprint density at radius 1 is 0.271 bits per heavy atom. The zero-order valence-corrected chi connectivity index (χ0v) is 65.8. The van der Waals surface area contributed by atoms with Gasteiger partial charge in [0.2, 0.25) is 0 Å². The molecule has 0 amide bonds. The number of carboxylic acid groups (broad SMARTS) is 1. The van der Waals surface area contributed by atoms with Gasteiger partial charge in [-0.3, -0.25) is 9.59 Å². The van der Waals surface area contributed by atoms with E-state index in [-0.39, 0.29) is 32.2 Å². The van der Waals surface area contributed by atoms with Gasteiger partial charge in [-0.25, -0.2) is 0 Å². The summed E-state index contributed by atoms with van der Waals surface area (Å²) in [6, 6.07) is 0. The summed E-state index contributed by atoms with van der Waals surface area (Å²) in [5, 5.41) is 11.9. The number of hydrogen-bond donors (Lipinski definition) is 0. The van der Waals surface area contributed by atoms with Crippen LogP contribution in [0.25, 0.3) is 0 Å². The first-order valence-electron chi connectivity index (χ1n) is 43.7. The van der Waals surface area contributed by atoms with Crippen molar-refractivity contribution in [2.24, 2.45) is 0 Å². The second kappa shape index (κ2) is 79.0. The van der Waals surface area contributed by atoms with Crippen molar-refractivity contribution in [3.05, 3.63) is 0 Å². The van der Waals surface area contributed by atoms with E-state index in [4.69, 9.17) is 18.9 Å². The number of carbonyl (C=O) groups is 3. The van der Waals surface area contributed by atoms with Gasteiger partial charge in [0.15, 0.2) is 12.4 Å². The third kappa shape index (κ3) is 79.6. The zero-order valence-electron chi connectivity index (χ0n) is 65.8. The summed E-state index contributed by atoms with van der Waals surface area (Å²) in [4.78, 5) is 37.7. The fourth-order valence-electron chi connectivity index (χ4n) is 14.0. The molecule has 0 aliphatic rings. The monoisotopic (exact) mass is 1360 g/mol. The molecule has 96 heavy (non-hydrogen) atoms. The molecular formula is C87H171NO8. The summed E-state index contributed by atoms with van der Waals surface area (Å²) in [6.45, 7) is 4.86. The minimum Gasteiger partial charge on any atom is -0.545 e. The Balaban J connectivity index is 3.89. The van der Waals surface area contributed by atoms with Gasteiger partial charge in [0.1, 0.15) is 13.2 Å². The number of likely N-dealkylation sites (N-methyl/N-ethyl adjacent to an activating group) is 1. The molecule has 0 rings (SSSR count). The molecule has 0 aromatic carbocycles. The Kier molecular flexibility index (Phi) is 77.6. The largest absolute Gasteiger partial charge is 0.545 e. The lowest BCUT2D eigenvalue weighted by Crippen LogP contribution is -2.44. The first-order chi connectivity index (χ1) is 47.1. The highest BCUT2D eigenvalue weighted by atomic mass is 16.7. The molecule has 0 fully saturated rings. The van der Waals surface area contributed by atoms with Gasteiger partial charge in [0.05, 0.1) is 40.3 Å². The van der Waals surface area contributed by atoms with Crippen LogP contribution in [0.2, 0.25) is 0 Å². The summed E-state index contributed by atoms with van der Waals surface area (Å²) < 4.78 is 22.9. The predicted molar refractivity (Wildman–Crippen MR) is 413 cm³/mol. The molecule has 0 N–H and O–H groups in total. The van der Waals surface area contributed by atoms with Crippen LogP contribution in [0.4, 0.5) is 0 Å². The predicted octanol–water partition coefficient (Wildman–Crippen LogP) is 26.8. The molecule has 0 saturated heterocycles. The molecule has 2 atom stereocenters. The average molecular weight is 1360 g/mol. The molecule has 0 aliphatic heterocycles. The van der Waals surface area contributed by atoms with Crippen molar-refractivity contribution in [2.45, 2.75) is 495 Å². The molecule has 0 radical (unpaired) electrons. The quantitative estimate of drug-likeness (QED) is 0.0256. The molecule has 0 aromatic rings. The minimum absolute atomic E-state index is 0.154. The fourth-order valence-corrected chi connectivity index (χ4v) is 14.0. The molecule has 9 heteroatoms. The molecular weight excluding hydrogens is 1190 g/mol. The molecule has 0 spiro atoms. The molecule has 572 valence electrons.